The third-order valence-electron chi connectivity index (χ3n) is 7.79. The first kappa shape index (κ1) is 13.8. The second kappa shape index (κ2) is 4.57. The zero-order valence-electron chi connectivity index (χ0n) is 13.5. The summed E-state index contributed by atoms with van der Waals surface area (Å²) in [6.07, 6.45) is 16.5. The Labute approximate surface area is 128 Å². The van der Waals surface area contributed by atoms with Crippen molar-refractivity contribution in [3.8, 4) is 0 Å². The van der Waals surface area contributed by atoms with Crippen LogP contribution in [0.4, 0.5) is 0 Å². The summed E-state index contributed by atoms with van der Waals surface area (Å²) in [6.45, 7) is 4.92. The maximum atomic E-state index is 11.4. The summed E-state index contributed by atoms with van der Waals surface area (Å²) >= 11 is 0. The third kappa shape index (κ3) is 1.72. The van der Waals surface area contributed by atoms with Crippen molar-refractivity contribution in [2.75, 3.05) is 0 Å². The highest BCUT2D eigenvalue weighted by Crippen LogP contribution is 2.64. The van der Waals surface area contributed by atoms with Crippen molar-refractivity contribution in [2.45, 2.75) is 65.2 Å². The summed E-state index contributed by atoms with van der Waals surface area (Å²) in [6, 6.07) is 0. The van der Waals surface area contributed by atoms with Gasteiger partial charge >= 0.3 is 0 Å². The molecule has 0 aromatic carbocycles. The molecular weight excluding hydrogens is 256 g/mol. The molecule has 4 aliphatic carbocycles. The van der Waals surface area contributed by atoms with Gasteiger partial charge in [0.1, 0.15) is 6.29 Å². The average Bonchev–Trinajstić information content (AvgIpc) is 2.83. The van der Waals surface area contributed by atoms with E-state index in [-0.39, 0.29) is 5.41 Å². The number of carbonyl (C=O) groups excluding carboxylic acids is 1. The first-order chi connectivity index (χ1) is 10.1. The Hall–Kier alpha value is -0.850. The van der Waals surface area contributed by atoms with E-state index in [1.165, 1.54) is 44.9 Å². The van der Waals surface area contributed by atoms with Crippen molar-refractivity contribution in [1.82, 2.24) is 0 Å². The smallest absolute Gasteiger partial charge is 0.146 e. The second-order valence-electron chi connectivity index (χ2n) is 8.44. The lowest BCUT2D eigenvalue weighted by molar-refractivity contribution is -0.106. The molecule has 1 heteroatoms. The quantitative estimate of drug-likeness (QED) is 0.485. The summed E-state index contributed by atoms with van der Waals surface area (Å²) in [5.74, 6) is 2.40. The molecule has 114 valence electrons. The summed E-state index contributed by atoms with van der Waals surface area (Å²) in [5, 5.41) is 0. The Kier molecular flexibility index (Phi) is 3.00. The zero-order valence-corrected chi connectivity index (χ0v) is 13.5. The van der Waals surface area contributed by atoms with E-state index in [1.54, 1.807) is 5.57 Å². The molecule has 4 rings (SSSR count). The van der Waals surface area contributed by atoms with Crippen LogP contribution in [0.25, 0.3) is 0 Å². The molecule has 0 amide bonds. The molecule has 0 N–H and O–H groups in total. The number of rotatable bonds is 1. The van der Waals surface area contributed by atoms with Crippen LogP contribution in [0.2, 0.25) is 0 Å². The SMILES string of the molecule is C[C@]12CCCCC1=CC[C@@H]1[C@@H]2CC[C@]2(C)C(C=O)=CC[C@@H]12. The molecule has 0 radical (unpaired) electrons. The van der Waals surface area contributed by atoms with Crippen molar-refractivity contribution in [1.29, 1.82) is 0 Å². The van der Waals surface area contributed by atoms with Crippen LogP contribution in [0.15, 0.2) is 23.3 Å². The Balaban J connectivity index is 1.69. The third-order valence-corrected chi connectivity index (χ3v) is 7.79. The topological polar surface area (TPSA) is 17.1 Å². The fourth-order valence-electron chi connectivity index (χ4n) is 6.48. The van der Waals surface area contributed by atoms with Crippen LogP contribution in [0.5, 0.6) is 0 Å². The second-order valence-corrected chi connectivity index (χ2v) is 8.44. The highest BCUT2D eigenvalue weighted by atomic mass is 16.1. The van der Waals surface area contributed by atoms with Crippen LogP contribution >= 0.6 is 0 Å². The predicted octanol–water partition coefficient (Wildman–Crippen LogP) is 5.07. The molecule has 2 fully saturated rings. The number of hydrogen-bond acceptors (Lipinski definition) is 1. The number of hydrogen-bond donors (Lipinski definition) is 0. The van der Waals surface area contributed by atoms with Crippen molar-refractivity contribution in [2.24, 2.45) is 28.6 Å². The monoisotopic (exact) mass is 284 g/mol. The van der Waals surface area contributed by atoms with E-state index in [0.717, 1.165) is 30.1 Å². The minimum Gasteiger partial charge on any atom is -0.298 e. The van der Waals surface area contributed by atoms with E-state index < -0.39 is 0 Å². The van der Waals surface area contributed by atoms with Gasteiger partial charge in [0.25, 0.3) is 0 Å². The van der Waals surface area contributed by atoms with E-state index in [9.17, 15) is 4.79 Å². The summed E-state index contributed by atoms with van der Waals surface area (Å²) in [7, 11) is 0. The highest BCUT2D eigenvalue weighted by molar-refractivity contribution is 5.76. The Bertz CT molecular complexity index is 528. The van der Waals surface area contributed by atoms with Gasteiger partial charge in [-0.1, -0.05) is 38.0 Å². The maximum absolute atomic E-state index is 11.4. The minimum atomic E-state index is 0.180. The van der Waals surface area contributed by atoms with Gasteiger partial charge in [-0.15, -0.1) is 0 Å². The van der Waals surface area contributed by atoms with Crippen molar-refractivity contribution >= 4 is 6.29 Å². The van der Waals surface area contributed by atoms with Crippen LogP contribution < -0.4 is 0 Å². The molecule has 0 aromatic rings. The lowest BCUT2D eigenvalue weighted by Crippen LogP contribution is -2.49. The largest absolute Gasteiger partial charge is 0.298 e. The van der Waals surface area contributed by atoms with Crippen LogP contribution in [0.3, 0.4) is 0 Å². The van der Waals surface area contributed by atoms with E-state index in [4.69, 9.17) is 0 Å². The Morgan fingerprint density at radius 2 is 1.90 bits per heavy atom. The summed E-state index contributed by atoms with van der Waals surface area (Å²) in [5.41, 5.74) is 3.54. The highest BCUT2D eigenvalue weighted by Gasteiger charge is 2.55. The zero-order chi connectivity index (χ0) is 14.7. The summed E-state index contributed by atoms with van der Waals surface area (Å²) < 4.78 is 0. The normalized spacial score (nSPS) is 48.6. The van der Waals surface area contributed by atoms with Gasteiger partial charge in [0.15, 0.2) is 0 Å². The maximum Gasteiger partial charge on any atom is 0.146 e. The molecule has 0 unspecified atom stereocenters. The standard InChI is InChI=1S/C20H28O/c1-19-11-4-3-5-14(19)6-8-16-17-9-7-15(13-21)20(17,2)12-10-18(16)19/h6-7,13,16-18H,3-5,8-12H2,1-2H3/t16-,17-,18-,19-,20+/m0/s1. The number of allylic oxidation sites excluding steroid dienone is 4. The fraction of sp³-hybridized carbons (Fsp3) is 0.750. The van der Waals surface area contributed by atoms with E-state index in [2.05, 4.69) is 26.0 Å². The van der Waals surface area contributed by atoms with Crippen molar-refractivity contribution < 1.29 is 4.79 Å². The first-order valence-corrected chi connectivity index (χ1v) is 8.95. The molecule has 0 heterocycles. The number of aldehydes is 1. The Morgan fingerprint density at radius 1 is 1.05 bits per heavy atom. The fourth-order valence-corrected chi connectivity index (χ4v) is 6.48. The molecule has 0 bridgehead atoms. The van der Waals surface area contributed by atoms with Crippen molar-refractivity contribution in [3.63, 3.8) is 0 Å². The van der Waals surface area contributed by atoms with Gasteiger partial charge in [-0.3, -0.25) is 4.79 Å². The number of carbonyl (C=O) groups is 1. The molecule has 21 heavy (non-hydrogen) atoms. The lowest BCUT2D eigenvalue weighted by Gasteiger charge is -2.57. The van der Waals surface area contributed by atoms with Crippen LogP contribution in [-0.4, -0.2) is 6.29 Å². The molecule has 0 aliphatic heterocycles. The van der Waals surface area contributed by atoms with Gasteiger partial charge in [-0.05, 0) is 79.1 Å². The molecular formula is C20H28O. The van der Waals surface area contributed by atoms with Crippen LogP contribution in [-0.2, 0) is 4.79 Å². The van der Waals surface area contributed by atoms with Crippen LogP contribution in [0, 0.1) is 28.6 Å². The molecule has 0 aromatic heterocycles. The predicted molar refractivity (Wildman–Crippen MR) is 85.9 cm³/mol. The van der Waals surface area contributed by atoms with E-state index in [1.807, 2.05) is 0 Å². The Morgan fingerprint density at radius 3 is 2.71 bits per heavy atom. The molecule has 4 aliphatic rings. The summed E-state index contributed by atoms with van der Waals surface area (Å²) in [4.78, 5) is 11.4. The van der Waals surface area contributed by atoms with Gasteiger partial charge in [0.2, 0.25) is 0 Å². The van der Waals surface area contributed by atoms with Gasteiger partial charge in [0.05, 0.1) is 0 Å². The van der Waals surface area contributed by atoms with Gasteiger partial charge in [-0.25, -0.2) is 0 Å². The average molecular weight is 284 g/mol. The van der Waals surface area contributed by atoms with Crippen LogP contribution in [0.1, 0.15) is 65.2 Å². The van der Waals surface area contributed by atoms with E-state index >= 15 is 0 Å². The molecule has 5 atom stereocenters. The molecule has 2 saturated carbocycles. The van der Waals surface area contributed by atoms with E-state index in [0.29, 0.717) is 11.3 Å². The lowest BCUT2D eigenvalue weighted by atomic mass is 9.47. The minimum absolute atomic E-state index is 0.180. The van der Waals surface area contributed by atoms with Crippen molar-refractivity contribution in [3.05, 3.63) is 23.3 Å². The molecule has 0 spiro atoms. The number of fused-ring (bicyclic) bond motifs is 5. The van der Waals surface area contributed by atoms with Gasteiger partial charge in [-0.2, -0.15) is 0 Å². The first-order valence-electron chi connectivity index (χ1n) is 8.95. The van der Waals surface area contributed by atoms with Gasteiger partial charge < -0.3 is 0 Å². The van der Waals surface area contributed by atoms with Gasteiger partial charge in [0, 0.05) is 0 Å². The molecule has 0 saturated heterocycles. The molecule has 1 nitrogen and oxygen atoms in total.